The van der Waals surface area contributed by atoms with E-state index in [2.05, 4.69) is 34.6 Å². The second-order valence-corrected chi connectivity index (χ2v) is 7.07. The van der Waals surface area contributed by atoms with Gasteiger partial charge in [0, 0.05) is 18.3 Å². The molecule has 0 atom stereocenters. The molecule has 0 spiro atoms. The van der Waals surface area contributed by atoms with Gasteiger partial charge >= 0.3 is 0 Å². The Morgan fingerprint density at radius 1 is 1.15 bits per heavy atom. The molecule has 1 amide bonds. The lowest BCUT2D eigenvalue weighted by Crippen LogP contribution is -2.14. The van der Waals surface area contributed by atoms with Gasteiger partial charge < -0.3 is 9.88 Å². The molecule has 1 heterocycles. The maximum Gasteiger partial charge on any atom is 0.234 e. The van der Waals surface area contributed by atoms with Crippen LogP contribution in [-0.4, -0.2) is 26.4 Å². The Bertz CT molecular complexity index is 920. The Morgan fingerprint density at radius 2 is 1.96 bits per heavy atom. The number of aromatic nitrogens is 3. The Labute approximate surface area is 157 Å². The molecule has 0 radical (unpaired) electrons. The first-order chi connectivity index (χ1) is 12.6. The van der Waals surface area contributed by atoms with E-state index in [9.17, 15) is 4.79 Å². The molecule has 6 heteroatoms. The Hall–Kier alpha value is -2.60. The number of thioether (sulfide) groups is 1. The van der Waals surface area contributed by atoms with Crippen LogP contribution in [0.4, 0.5) is 5.69 Å². The summed E-state index contributed by atoms with van der Waals surface area (Å²) in [5.74, 6) is 1.03. The zero-order chi connectivity index (χ0) is 18.5. The first-order valence-electron chi connectivity index (χ1n) is 8.55. The van der Waals surface area contributed by atoms with E-state index in [4.69, 9.17) is 0 Å². The van der Waals surface area contributed by atoms with Gasteiger partial charge in [-0.25, -0.2) is 0 Å². The van der Waals surface area contributed by atoms with Gasteiger partial charge in [0.15, 0.2) is 11.0 Å². The summed E-state index contributed by atoms with van der Waals surface area (Å²) in [5, 5.41) is 12.2. The van der Waals surface area contributed by atoms with Crippen LogP contribution in [0.3, 0.4) is 0 Å². The SMILES string of the molecule is CCc1cccc(NC(=O)CSc2nnc(-c3cccc(C)c3)n2C)c1. The molecule has 5 nitrogen and oxygen atoms in total. The van der Waals surface area contributed by atoms with Gasteiger partial charge in [0.1, 0.15) is 0 Å². The highest BCUT2D eigenvalue weighted by Gasteiger charge is 2.13. The van der Waals surface area contributed by atoms with E-state index in [1.807, 2.05) is 54.9 Å². The lowest BCUT2D eigenvalue weighted by molar-refractivity contribution is -0.113. The number of amides is 1. The summed E-state index contributed by atoms with van der Waals surface area (Å²) >= 11 is 1.38. The third-order valence-corrected chi connectivity index (χ3v) is 5.08. The molecule has 3 aromatic rings. The van der Waals surface area contributed by atoms with Crippen molar-refractivity contribution >= 4 is 23.4 Å². The van der Waals surface area contributed by atoms with Crippen LogP contribution >= 0.6 is 11.8 Å². The van der Waals surface area contributed by atoms with Crippen LogP contribution in [0.1, 0.15) is 18.1 Å². The lowest BCUT2D eigenvalue weighted by atomic mass is 10.1. The molecule has 0 saturated heterocycles. The van der Waals surface area contributed by atoms with Crippen molar-refractivity contribution in [1.82, 2.24) is 14.8 Å². The summed E-state index contributed by atoms with van der Waals surface area (Å²) in [4.78, 5) is 12.2. The van der Waals surface area contributed by atoms with E-state index in [1.54, 1.807) is 0 Å². The average molecular weight is 366 g/mol. The molecular formula is C20H22N4OS. The maximum absolute atomic E-state index is 12.2. The summed E-state index contributed by atoms with van der Waals surface area (Å²) in [6.45, 7) is 4.14. The Balaban J connectivity index is 1.64. The third kappa shape index (κ3) is 4.32. The van der Waals surface area contributed by atoms with Gasteiger partial charge in [0.05, 0.1) is 5.75 Å². The van der Waals surface area contributed by atoms with Crippen LogP contribution in [0, 0.1) is 6.92 Å². The summed E-state index contributed by atoms with van der Waals surface area (Å²) in [6.07, 6.45) is 0.944. The molecule has 1 N–H and O–H groups in total. The normalized spacial score (nSPS) is 10.7. The number of anilines is 1. The standard InChI is InChI=1S/C20H22N4OS/c1-4-15-8-6-10-17(12-15)21-18(25)13-26-20-23-22-19(24(20)3)16-9-5-7-14(2)11-16/h5-12H,4,13H2,1-3H3,(H,21,25). The van der Waals surface area contributed by atoms with Crippen LogP contribution in [0.2, 0.25) is 0 Å². The van der Waals surface area contributed by atoms with Crippen molar-refractivity contribution in [3.05, 3.63) is 59.7 Å². The van der Waals surface area contributed by atoms with E-state index in [0.717, 1.165) is 28.7 Å². The van der Waals surface area contributed by atoms with E-state index in [1.165, 1.54) is 22.9 Å². The predicted octanol–water partition coefficient (Wildman–Crippen LogP) is 4.08. The van der Waals surface area contributed by atoms with Crippen molar-refractivity contribution in [1.29, 1.82) is 0 Å². The van der Waals surface area contributed by atoms with E-state index < -0.39 is 0 Å². The number of benzene rings is 2. The monoisotopic (exact) mass is 366 g/mol. The Kier molecular flexibility index (Phi) is 5.73. The highest BCUT2D eigenvalue weighted by atomic mass is 32.2. The Morgan fingerprint density at radius 3 is 2.73 bits per heavy atom. The number of hydrogen-bond donors (Lipinski definition) is 1. The number of aryl methyl sites for hydroxylation is 2. The first-order valence-corrected chi connectivity index (χ1v) is 9.53. The quantitative estimate of drug-likeness (QED) is 0.668. The molecule has 1 aromatic heterocycles. The van der Waals surface area contributed by atoms with Crippen LogP contribution in [-0.2, 0) is 18.3 Å². The van der Waals surface area contributed by atoms with E-state index in [-0.39, 0.29) is 11.7 Å². The minimum atomic E-state index is -0.0524. The summed E-state index contributed by atoms with van der Waals surface area (Å²) in [7, 11) is 1.92. The highest BCUT2D eigenvalue weighted by molar-refractivity contribution is 7.99. The smallest absolute Gasteiger partial charge is 0.234 e. The second-order valence-electron chi connectivity index (χ2n) is 6.13. The summed E-state index contributed by atoms with van der Waals surface area (Å²) in [6, 6.07) is 16.1. The van der Waals surface area contributed by atoms with Crippen molar-refractivity contribution in [2.45, 2.75) is 25.4 Å². The molecule has 2 aromatic carbocycles. The molecular weight excluding hydrogens is 344 g/mol. The van der Waals surface area contributed by atoms with Gasteiger partial charge in [0.25, 0.3) is 0 Å². The van der Waals surface area contributed by atoms with Crippen LogP contribution < -0.4 is 5.32 Å². The van der Waals surface area contributed by atoms with Gasteiger partial charge in [-0.15, -0.1) is 10.2 Å². The van der Waals surface area contributed by atoms with E-state index in [0.29, 0.717) is 0 Å². The van der Waals surface area contributed by atoms with Crippen LogP contribution in [0.25, 0.3) is 11.4 Å². The van der Waals surface area contributed by atoms with Crippen molar-refractivity contribution in [3.63, 3.8) is 0 Å². The number of nitrogens with zero attached hydrogens (tertiary/aromatic N) is 3. The minimum Gasteiger partial charge on any atom is -0.325 e. The van der Waals surface area contributed by atoms with Crippen molar-refractivity contribution < 1.29 is 4.79 Å². The topological polar surface area (TPSA) is 59.8 Å². The molecule has 0 saturated carbocycles. The molecule has 0 bridgehead atoms. The lowest BCUT2D eigenvalue weighted by Gasteiger charge is -2.07. The third-order valence-electron chi connectivity index (χ3n) is 4.06. The zero-order valence-corrected chi connectivity index (χ0v) is 16.0. The van der Waals surface area contributed by atoms with Crippen molar-refractivity contribution in [2.75, 3.05) is 11.1 Å². The van der Waals surface area contributed by atoms with Gasteiger partial charge in [0.2, 0.25) is 5.91 Å². The molecule has 0 aliphatic rings. The molecule has 26 heavy (non-hydrogen) atoms. The van der Waals surface area contributed by atoms with Gasteiger partial charge in [-0.1, -0.05) is 54.6 Å². The van der Waals surface area contributed by atoms with Crippen molar-refractivity contribution in [2.24, 2.45) is 7.05 Å². The summed E-state index contributed by atoms with van der Waals surface area (Å²) < 4.78 is 1.92. The van der Waals surface area contributed by atoms with Crippen LogP contribution in [0.5, 0.6) is 0 Å². The molecule has 134 valence electrons. The average Bonchev–Trinajstić information content (AvgIpc) is 3.01. The number of carbonyl (C=O) groups is 1. The predicted molar refractivity (Wildman–Crippen MR) is 106 cm³/mol. The highest BCUT2D eigenvalue weighted by Crippen LogP contribution is 2.23. The molecule has 3 rings (SSSR count). The number of carbonyl (C=O) groups excluding carboxylic acids is 1. The van der Waals surface area contributed by atoms with E-state index >= 15 is 0 Å². The number of rotatable bonds is 6. The summed E-state index contributed by atoms with van der Waals surface area (Å²) in [5.41, 5.74) is 4.22. The molecule has 0 fully saturated rings. The fourth-order valence-corrected chi connectivity index (χ4v) is 3.38. The van der Waals surface area contributed by atoms with Crippen LogP contribution in [0.15, 0.2) is 53.7 Å². The number of hydrogen-bond acceptors (Lipinski definition) is 4. The fourth-order valence-electron chi connectivity index (χ4n) is 2.67. The molecule has 0 aliphatic carbocycles. The van der Waals surface area contributed by atoms with Crippen molar-refractivity contribution in [3.8, 4) is 11.4 Å². The first kappa shape index (κ1) is 18.2. The fraction of sp³-hybridized carbons (Fsp3) is 0.250. The largest absolute Gasteiger partial charge is 0.325 e. The maximum atomic E-state index is 12.2. The minimum absolute atomic E-state index is 0.0524. The second kappa shape index (κ2) is 8.19. The number of nitrogens with one attached hydrogen (secondary N) is 1. The van der Waals surface area contributed by atoms with Gasteiger partial charge in [-0.2, -0.15) is 0 Å². The van der Waals surface area contributed by atoms with Gasteiger partial charge in [-0.05, 0) is 37.1 Å². The zero-order valence-electron chi connectivity index (χ0n) is 15.2. The molecule has 0 aliphatic heterocycles. The van der Waals surface area contributed by atoms with Gasteiger partial charge in [-0.3, -0.25) is 4.79 Å². The molecule has 0 unspecified atom stereocenters.